The van der Waals surface area contributed by atoms with Crippen molar-refractivity contribution in [2.75, 3.05) is 32.7 Å². The molecule has 1 aliphatic rings. The van der Waals surface area contributed by atoms with Crippen LogP contribution in [0, 0.1) is 0 Å². The fourth-order valence-corrected chi connectivity index (χ4v) is 4.07. The molecule has 11 heteroatoms. The number of thioether (sulfide) groups is 1. The van der Waals surface area contributed by atoms with E-state index in [0.29, 0.717) is 34.9 Å². The average molecular weight is 529 g/mol. The molecule has 0 aliphatic carbocycles. The molecule has 1 aliphatic heterocycles. The molecule has 0 spiro atoms. The summed E-state index contributed by atoms with van der Waals surface area (Å²) in [5.41, 5.74) is 1.08. The quantitative estimate of drug-likeness (QED) is 0.339. The Bertz CT molecular complexity index is 1210. The van der Waals surface area contributed by atoms with Crippen molar-refractivity contribution in [3.05, 3.63) is 52.9 Å². The standard InChI is InChI=1S/C26H28N2O8S/c1-5-16(2)36-24(30)14-28-25(31)22(37-26(28)32)13-17-10-11-20(21(12-17)34-4)35-15-23(29)27-18-8-6-7-9-19(18)33-3/h6-13,16H,5,14-15H2,1-4H3,(H,27,29)/b22-13-/t16-/m1/s1. The number of amides is 3. The van der Waals surface area contributed by atoms with Crippen LogP contribution in [0.3, 0.4) is 0 Å². The van der Waals surface area contributed by atoms with E-state index in [2.05, 4.69) is 5.32 Å². The van der Waals surface area contributed by atoms with Crippen LogP contribution in [0.2, 0.25) is 0 Å². The zero-order chi connectivity index (χ0) is 26.9. The molecule has 196 valence electrons. The van der Waals surface area contributed by atoms with Crippen LogP contribution in [0.25, 0.3) is 6.08 Å². The van der Waals surface area contributed by atoms with E-state index in [1.54, 1.807) is 49.4 Å². The molecule has 37 heavy (non-hydrogen) atoms. The van der Waals surface area contributed by atoms with Gasteiger partial charge in [-0.15, -0.1) is 0 Å². The Balaban J connectivity index is 1.65. The molecule has 1 fully saturated rings. The van der Waals surface area contributed by atoms with Gasteiger partial charge in [0.15, 0.2) is 18.1 Å². The van der Waals surface area contributed by atoms with Crippen molar-refractivity contribution in [1.82, 2.24) is 4.90 Å². The third-order valence-electron chi connectivity index (χ3n) is 5.29. The van der Waals surface area contributed by atoms with Crippen LogP contribution in [-0.2, 0) is 19.1 Å². The molecule has 1 heterocycles. The fourth-order valence-electron chi connectivity index (χ4n) is 3.23. The Kier molecular flexibility index (Phi) is 9.56. The number of benzene rings is 2. The van der Waals surface area contributed by atoms with Crippen LogP contribution in [0.15, 0.2) is 47.4 Å². The number of nitrogens with zero attached hydrogens (tertiary/aromatic N) is 1. The van der Waals surface area contributed by atoms with E-state index in [1.165, 1.54) is 20.3 Å². The molecule has 0 bridgehead atoms. The Hall–Kier alpha value is -3.99. The number of imide groups is 1. The zero-order valence-electron chi connectivity index (χ0n) is 20.9. The minimum Gasteiger partial charge on any atom is -0.495 e. The van der Waals surface area contributed by atoms with Crippen molar-refractivity contribution < 1.29 is 38.1 Å². The first kappa shape index (κ1) is 27.6. The first-order valence-corrected chi connectivity index (χ1v) is 12.3. The van der Waals surface area contributed by atoms with E-state index in [4.69, 9.17) is 18.9 Å². The number of nitrogens with one attached hydrogen (secondary N) is 1. The molecule has 10 nitrogen and oxygen atoms in total. The van der Waals surface area contributed by atoms with Gasteiger partial charge in [-0.05, 0) is 61.0 Å². The molecule has 0 unspecified atom stereocenters. The summed E-state index contributed by atoms with van der Waals surface area (Å²) in [7, 11) is 2.95. The lowest BCUT2D eigenvalue weighted by molar-refractivity contribution is -0.150. The van der Waals surface area contributed by atoms with Gasteiger partial charge in [0.25, 0.3) is 17.1 Å². The van der Waals surface area contributed by atoms with E-state index < -0.39 is 29.6 Å². The second-order valence-electron chi connectivity index (χ2n) is 7.92. The Labute approximate surface area is 218 Å². The highest BCUT2D eigenvalue weighted by molar-refractivity contribution is 8.18. The summed E-state index contributed by atoms with van der Waals surface area (Å²) in [5, 5.41) is 2.17. The molecule has 0 saturated carbocycles. The first-order valence-electron chi connectivity index (χ1n) is 11.4. The number of carbonyl (C=O) groups is 4. The molecule has 3 rings (SSSR count). The van der Waals surface area contributed by atoms with Gasteiger partial charge in [-0.2, -0.15) is 0 Å². The first-order chi connectivity index (χ1) is 17.7. The largest absolute Gasteiger partial charge is 0.495 e. The van der Waals surface area contributed by atoms with Gasteiger partial charge < -0.3 is 24.3 Å². The van der Waals surface area contributed by atoms with E-state index in [-0.39, 0.29) is 17.6 Å². The highest BCUT2D eigenvalue weighted by Crippen LogP contribution is 2.34. The predicted octanol–water partition coefficient (Wildman–Crippen LogP) is 4.10. The number of para-hydroxylation sites is 2. The van der Waals surface area contributed by atoms with Gasteiger partial charge in [0.05, 0.1) is 30.9 Å². The minimum atomic E-state index is -0.643. The lowest BCUT2D eigenvalue weighted by atomic mass is 10.2. The number of hydrogen-bond acceptors (Lipinski definition) is 9. The van der Waals surface area contributed by atoms with Crippen molar-refractivity contribution in [3.8, 4) is 17.2 Å². The zero-order valence-corrected chi connectivity index (χ0v) is 21.8. The van der Waals surface area contributed by atoms with Gasteiger partial charge in [0.1, 0.15) is 12.3 Å². The number of esters is 1. The molecule has 3 amide bonds. The number of methoxy groups -OCH3 is 2. The van der Waals surface area contributed by atoms with Crippen molar-refractivity contribution >= 4 is 46.5 Å². The van der Waals surface area contributed by atoms with Gasteiger partial charge in [-0.25, -0.2) is 0 Å². The number of carbonyl (C=O) groups excluding carboxylic acids is 4. The summed E-state index contributed by atoms with van der Waals surface area (Å²) in [4.78, 5) is 50.4. The molecule has 0 aromatic heterocycles. The summed E-state index contributed by atoms with van der Waals surface area (Å²) in [6.45, 7) is 2.88. The van der Waals surface area contributed by atoms with Crippen LogP contribution < -0.4 is 19.5 Å². The maximum Gasteiger partial charge on any atom is 0.326 e. The highest BCUT2D eigenvalue weighted by atomic mass is 32.2. The number of ether oxygens (including phenoxy) is 4. The molecule has 1 N–H and O–H groups in total. The van der Waals surface area contributed by atoms with Crippen molar-refractivity contribution in [2.45, 2.75) is 26.4 Å². The Morgan fingerprint density at radius 2 is 1.78 bits per heavy atom. The summed E-state index contributed by atoms with van der Waals surface area (Å²) in [6, 6.07) is 11.9. The van der Waals surface area contributed by atoms with Gasteiger partial charge in [-0.3, -0.25) is 24.1 Å². The highest BCUT2D eigenvalue weighted by Gasteiger charge is 2.36. The van der Waals surface area contributed by atoms with Crippen LogP contribution in [0.1, 0.15) is 25.8 Å². The van der Waals surface area contributed by atoms with E-state index in [1.807, 2.05) is 6.92 Å². The third kappa shape index (κ3) is 7.26. The van der Waals surface area contributed by atoms with Crippen LogP contribution in [0.5, 0.6) is 17.2 Å². The van der Waals surface area contributed by atoms with Crippen molar-refractivity contribution in [3.63, 3.8) is 0 Å². The second kappa shape index (κ2) is 12.8. The lowest BCUT2D eigenvalue weighted by Gasteiger charge is -2.15. The molecular formula is C26H28N2O8S. The summed E-state index contributed by atoms with van der Waals surface area (Å²) >= 11 is 0.734. The fraction of sp³-hybridized carbons (Fsp3) is 0.308. The van der Waals surface area contributed by atoms with E-state index >= 15 is 0 Å². The van der Waals surface area contributed by atoms with Gasteiger partial charge >= 0.3 is 5.97 Å². The van der Waals surface area contributed by atoms with Gasteiger partial charge in [0.2, 0.25) is 0 Å². The number of anilines is 1. The molecular weight excluding hydrogens is 500 g/mol. The lowest BCUT2D eigenvalue weighted by Crippen LogP contribution is -2.35. The predicted molar refractivity (Wildman–Crippen MR) is 139 cm³/mol. The second-order valence-corrected chi connectivity index (χ2v) is 8.92. The molecule has 1 saturated heterocycles. The normalized spacial score (nSPS) is 14.9. The maximum absolute atomic E-state index is 12.7. The SMILES string of the molecule is CC[C@@H](C)OC(=O)CN1C(=O)S/C(=C\c2ccc(OCC(=O)Nc3ccccc3OC)c(OC)c2)C1=O. The smallest absolute Gasteiger partial charge is 0.326 e. The summed E-state index contributed by atoms with van der Waals surface area (Å²) < 4.78 is 21.4. The third-order valence-corrected chi connectivity index (χ3v) is 6.20. The average Bonchev–Trinajstić information content (AvgIpc) is 3.15. The number of hydrogen-bond donors (Lipinski definition) is 1. The Morgan fingerprint density at radius 1 is 1.05 bits per heavy atom. The molecule has 1 atom stereocenters. The van der Waals surface area contributed by atoms with Crippen molar-refractivity contribution in [1.29, 1.82) is 0 Å². The van der Waals surface area contributed by atoms with E-state index in [0.717, 1.165) is 16.7 Å². The number of rotatable bonds is 11. The van der Waals surface area contributed by atoms with Crippen molar-refractivity contribution in [2.24, 2.45) is 0 Å². The minimum absolute atomic E-state index is 0.160. The van der Waals surface area contributed by atoms with Gasteiger partial charge in [0, 0.05) is 0 Å². The molecule has 2 aromatic rings. The monoisotopic (exact) mass is 528 g/mol. The topological polar surface area (TPSA) is 120 Å². The van der Waals surface area contributed by atoms with Crippen LogP contribution in [-0.4, -0.2) is 61.4 Å². The Morgan fingerprint density at radius 3 is 2.49 bits per heavy atom. The van der Waals surface area contributed by atoms with Gasteiger partial charge in [-0.1, -0.05) is 25.1 Å². The summed E-state index contributed by atoms with van der Waals surface area (Å²) in [6.07, 6.45) is 1.84. The summed E-state index contributed by atoms with van der Waals surface area (Å²) in [5.74, 6) is -0.448. The van der Waals surface area contributed by atoms with E-state index in [9.17, 15) is 19.2 Å². The molecule has 0 radical (unpaired) electrons. The van der Waals surface area contributed by atoms with Crippen LogP contribution in [0.4, 0.5) is 10.5 Å². The maximum atomic E-state index is 12.7. The van der Waals surface area contributed by atoms with Crippen LogP contribution >= 0.6 is 11.8 Å². The molecule has 2 aromatic carbocycles.